The summed E-state index contributed by atoms with van der Waals surface area (Å²) in [5.41, 5.74) is 4.60. The number of phenolic OH excluding ortho intramolecular Hbond substituents is 1. The predicted molar refractivity (Wildman–Crippen MR) is 149 cm³/mol. The lowest BCUT2D eigenvalue weighted by Gasteiger charge is -2.30. The summed E-state index contributed by atoms with van der Waals surface area (Å²) in [6.45, 7) is 19.8. The second-order valence-corrected chi connectivity index (χ2v) is 12.2. The maximum absolute atomic E-state index is 11.2. The smallest absolute Gasteiger partial charge is 0.128 e. The number of nitrogens with one attached hydrogen (secondary N) is 1. The molecule has 4 nitrogen and oxygen atoms in total. The molecule has 0 bridgehead atoms. The topological polar surface area (TPSA) is 56.5 Å². The van der Waals surface area contributed by atoms with E-state index < -0.39 is 0 Å². The lowest BCUT2D eigenvalue weighted by molar-refractivity contribution is 0.242. The van der Waals surface area contributed by atoms with Crippen molar-refractivity contribution >= 4 is 17.6 Å². The molecule has 1 unspecified atom stereocenters. The first-order chi connectivity index (χ1) is 16.2. The number of anilines is 1. The molecule has 4 heteroatoms. The van der Waals surface area contributed by atoms with Crippen LogP contribution in [-0.2, 0) is 10.8 Å². The van der Waals surface area contributed by atoms with E-state index in [1.807, 2.05) is 26.0 Å². The molecule has 1 aliphatic heterocycles. The first kappa shape index (κ1) is 26.8. The molecule has 0 aromatic heterocycles. The third kappa shape index (κ3) is 6.09. The molecule has 1 fully saturated rings. The van der Waals surface area contributed by atoms with Gasteiger partial charge in [0.15, 0.2) is 0 Å². The van der Waals surface area contributed by atoms with E-state index in [1.54, 1.807) is 0 Å². The second kappa shape index (κ2) is 10.1. The van der Waals surface area contributed by atoms with Crippen molar-refractivity contribution in [2.24, 2.45) is 5.92 Å². The normalized spacial score (nSPS) is 18.1. The molecular weight excluding hydrogens is 432 g/mol. The van der Waals surface area contributed by atoms with Gasteiger partial charge in [0, 0.05) is 29.3 Å². The number of phenols is 1. The minimum atomic E-state index is -0.205. The Kier molecular flexibility index (Phi) is 7.74. The first-order valence-electron chi connectivity index (χ1n) is 12.9. The molecule has 1 atom stereocenters. The molecular formula is C31H44N2O2. The SMILES string of the molecule is CCCC1CN(c2cc(C(C)(C)C)c(O)c(C(C)(C)C)c2)C(=N)C1=Cc1ccc(OC(C)C)cc1. The van der Waals surface area contributed by atoms with E-state index in [-0.39, 0.29) is 16.9 Å². The van der Waals surface area contributed by atoms with E-state index in [0.717, 1.165) is 53.1 Å². The van der Waals surface area contributed by atoms with Crippen molar-refractivity contribution in [1.29, 1.82) is 5.41 Å². The van der Waals surface area contributed by atoms with Crippen LogP contribution in [0.4, 0.5) is 5.69 Å². The van der Waals surface area contributed by atoms with Gasteiger partial charge in [-0.05, 0) is 72.6 Å². The Morgan fingerprint density at radius 1 is 1.03 bits per heavy atom. The minimum Gasteiger partial charge on any atom is -0.507 e. The zero-order chi connectivity index (χ0) is 26.1. The minimum absolute atomic E-state index is 0.144. The van der Waals surface area contributed by atoms with E-state index in [9.17, 15) is 10.5 Å². The fourth-order valence-electron chi connectivity index (χ4n) is 4.79. The molecule has 2 N–H and O–H groups in total. The van der Waals surface area contributed by atoms with Crippen LogP contribution in [0.1, 0.15) is 91.8 Å². The Morgan fingerprint density at radius 2 is 1.57 bits per heavy atom. The van der Waals surface area contributed by atoms with E-state index in [2.05, 4.69) is 83.7 Å². The average molecular weight is 477 g/mol. The molecule has 1 saturated heterocycles. The average Bonchev–Trinajstić information content (AvgIpc) is 3.03. The van der Waals surface area contributed by atoms with Crippen LogP contribution in [0.5, 0.6) is 11.5 Å². The quantitative estimate of drug-likeness (QED) is 0.443. The van der Waals surface area contributed by atoms with Gasteiger partial charge in [-0.25, -0.2) is 0 Å². The van der Waals surface area contributed by atoms with Crippen molar-refractivity contribution < 1.29 is 9.84 Å². The summed E-state index contributed by atoms with van der Waals surface area (Å²) in [5.74, 6) is 2.09. The fraction of sp³-hybridized carbons (Fsp3) is 0.516. The highest BCUT2D eigenvalue weighted by molar-refractivity contribution is 6.13. The Morgan fingerprint density at radius 3 is 2.03 bits per heavy atom. The maximum atomic E-state index is 11.2. The molecule has 3 rings (SSSR count). The van der Waals surface area contributed by atoms with Crippen molar-refractivity contribution in [3.8, 4) is 11.5 Å². The van der Waals surface area contributed by atoms with Gasteiger partial charge < -0.3 is 14.7 Å². The van der Waals surface area contributed by atoms with Gasteiger partial charge in [0.05, 0.1) is 6.10 Å². The van der Waals surface area contributed by atoms with Crippen molar-refractivity contribution in [2.75, 3.05) is 11.4 Å². The molecule has 0 aliphatic carbocycles. The van der Waals surface area contributed by atoms with E-state index >= 15 is 0 Å². The lowest BCUT2D eigenvalue weighted by atomic mass is 9.79. The third-order valence-corrected chi connectivity index (χ3v) is 6.62. The Bertz CT molecular complexity index is 1050. The van der Waals surface area contributed by atoms with Gasteiger partial charge in [-0.1, -0.05) is 67.0 Å². The van der Waals surface area contributed by atoms with E-state index in [0.29, 0.717) is 17.5 Å². The van der Waals surface area contributed by atoms with Gasteiger partial charge in [0.25, 0.3) is 0 Å². The van der Waals surface area contributed by atoms with Gasteiger partial charge in [0.2, 0.25) is 0 Å². The zero-order valence-electron chi connectivity index (χ0n) is 23.1. The van der Waals surface area contributed by atoms with Crippen molar-refractivity contribution in [2.45, 2.75) is 92.1 Å². The van der Waals surface area contributed by atoms with Crippen LogP contribution >= 0.6 is 0 Å². The second-order valence-electron chi connectivity index (χ2n) is 12.2. The number of nitrogens with zero attached hydrogens (tertiary/aromatic N) is 1. The number of benzene rings is 2. The van der Waals surface area contributed by atoms with Crippen LogP contribution in [0.2, 0.25) is 0 Å². The maximum Gasteiger partial charge on any atom is 0.128 e. The van der Waals surface area contributed by atoms with E-state index in [1.165, 1.54) is 0 Å². The summed E-state index contributed by atoms with van der Waals surface area (Å²) >= 11 is 0. The molecule has 190 valence electrons. The number of hydrogen-bond donors (Lipinski definition) is 2. The number of ether oxygens (including phenoxy) is 1. The summed E-state index contributed by atoms with van der Waals surface area (Å²) in [6, 6.07) is 12.3. The third-order valence-electron chi connectivity index (χ3n) is 6.62. The van der Waals surface area contributed by atoms with Crippen LogP contribution in [0.15, 0.2) is 42.0 Å². The fourth-order valence-corrected chi connectivity index (χ4v) is 4.79. The molecule has 0 saturated carbocycles. The van der Waals surface area contributed by atoms with Crippen LogP contribution in [0, 0.1) is 11.3 Å². The largest absolute Gasteiger partial charge is 0.507 e. The predicted octanol–water partition coefficient (Wildman–Crippen LogP) is 8.07. The molecule has 0 spiro atoms. The summed E-state index contributed by atoms with van der Waals surface area (Å²) in [4.78, 5) is 2.13. The number of aromatic hydroxyl groups is 1. The number of rotatable bonds is 6. The Balaban J connectivity index is 2.04. The highest BCUT2D eigenvalue weighted by Gasteiger charge is 2.35. The van der Waals surface area contributed by atoms with Crippen molar-refractivity contribution in [3.05, 3.63) is 58.7 Å². The Labute approximate surface area is 212 Å². The molecule has 2 aromatic carbocycles. The number of amidine groups is 1. The van der Waals surface area contributed by atoms with Gasteiger partial charge >= 0.3 is 0 Å². The number of hydrogen-bond acceptors (Lipinski definition) is 3. The zero-order valence-corrected chi connectivity index (χ0v) is 23.1. The van der Waals surface area contributed by atoms with Gasteiger partial charge in [-0.15, -0.1) is 0 Å². The van der Waals surface area contributed by atoms with Gasteiger partial charge in [-0.2, -0.15) is 0 Å². The van der Waals surface area contributed by atoms with Crippen molar-refractivity contribution in [3.63, 3.8) is 0 Å². The highest BCUT2D eigenvalue weighted by atomic mass is 16.5. The lowest BCUT2D eigenvalue weighted by Crippen LogP contribution is -2.26. The molecule has 1 aliphatic rings. The molecule has 35 heavy (non-hydrogen) atoms. The van der Waals surface area contributed by atoms with Gasteiger partial charge in [0.1, 0.15) is 17.3 Å². The molecule has 0 amide bonds. The van der Waals surface area contributed by atoms with Crippen molar-refractivity contribution in [1.82, 2.24) is 0 Å². The summed E-state index contributed by atoms with van der Waals surface area (Å²) in [6.07, 6.45) is 4.42. The van der Waals surface area contributed by atoms with Crippen LogP contribution in [0.25, 0.3) is 6.08 Å². The van der Waals surface area contributed by atoms with Gasteiger partial charge in [-0.3, -0.25) is 5.41 Å². The monoisotopic (exact) mass is 476 g/mol. The van der Waals surface area contributed by atoms with Crippen LogP contribution in [0.3, 0.4) is 0 Å². The summed E-state index contributed by atoms with van der Waals surface area (Å²) in [5, 5.41) is 20.3. The Hall–Kier alpha value is -2.75. The summed E-state index contributed by atoms with van der Waals surface area (Å²) < 4.78 is 5.79. The van der Waals surface area contributed by atoms with E-state index in [4.69, 9.17) is 4.74 Å². The van der Waals surface area contributed by atoms with Crippen LogP contribution in [-0.4, -0.2) is 23.6 Å². The molecule has 0 radical (unpaired) electrons. The highest BCUT2D eigenvalue weighted by Crippen LogP contribution is 2.43. The standard InChI is InChI=1S/C31H44N2O2/c1-10-11-22-19-33(23-17-26(30(4,5)6)28(34)27(18-23)31(7,8)9)29(32)25(22)16-21-12-14-24(15-13-21)35-20(2)3/h12-18,20,22,32,34H,10-11,19H2,1-9H3. The van der Waals surface area contributed by atoms with Crippen LogP contribution < -0.4 is 9.64 Å². The molecule has 1 heterocycles. The molecule has 2 aromatic rings. The first-order valence-corrected chi connectivity index (χ1v) is 12.9. The summed E-state index contributed by atoms with van der Waals surface area (Å²) in [7, 11) is 0.